The molecule has 0 aliphatic rings. The van der Waals surface area contributed by atoms with Crippen LogP contribution in [0.15, 0.2) is 46.9 Å². The van der Waals surface area contributed by atoms with E-state index in [9.17, 15) is 20.2 Å². The molecule has 0 aliphatic heterocycles. The van der Waals surface area contributed by atoms with Crippen molar-refractivity contribution in [1.29, 1.82) is 5.26 Å². The standard InChI is InChI=1S/C20H19N3O4S/c1-13-3-5-17(9-14(13)2)22-20(25)16(12-21)10-15-4-6-19(28-8-7-24)18(11-15)23(26)27/h3-6,9-11,24H,7-8H2,1-2H3,(H,22,25). The largest absolute Gasteiger partial charge is 0.396 e. The molecule has 28 heavy (non-hydrogen) atoms. The fourth-order valence-corrected chi connectivity index (χ4v) is 3.13. The number of nitro groups is 1. The van der Waals surface area contributed by atoms with Gasteiger partial charge in [0.15, 0.2) is 0 Å². The van der Waals surface area contributed by atoms with E-state index in [1.807, 2.05) is 26.0 Å². The van der Waals surface area contributed by atoms with E-state index < -0.39 is 10.8 Å². The summed E-state index contributed by atoms with van der Waals surface area (Å²) >= 11 is 1.16. The molecular formula is C20H19N3O4S. The first-order chi connectivity index (χ1) is 13.3. The minimum atomic E-state index is -0.591. The zero-order valence-corrected chi connectivity index (χ0v) is 16.2. The van der Waals surface area contributed by atoms with Crippen molar-refractivity contribution in [3.63, 3.8) is 0 Å². The normalized spacial score (nSPS) is 11.0. The minimum absolute atomic E-state index is 0.0965. The molecule has 1 amide bonds. The Balaban J connectivity index is 2.28. The van der Waals surface area contributed by atoms with Gasteiger partial charge in [-0.2, -0.15) is 5.26 Å². The van der Waals surface area contributed by atoms with Crippen molar-refractivity contribution in [3.8, 4) is 6.07 Å². The van der Waals surface area contributed by atoms with Crippen molar-refractivity contribution < 1.29 is 14.8 Å². The van der Waals surface area contributed by atoms with E-state index in [1.165, 1.54) is 12.1 Å². The lowest BCUT2D eigenvalue weighted by molar-refractivity contribution is -0.387. The van der Waals surface area contributed by atoms with Gasteiger partial charge in [0.25, 0.3) is 11.6 Å². The smallest absolute Gasteiger partial charge is 0.283 e. The summed E-state index contributed by atoms with van der Waals surface area (Å²) in [7, 11) is 0. The molecule has 0 heterocycles. The monoisotopic (exact) mass is 397 g/mol. The Hall–Kier alpha value is -3.15. The number of hydrogen-bond donors (Lipinski definition) is 2. The second-order valence-corrected chi connectivity index (χ2v) is 7.12. The minimum Gasteiger partial charge on any atom is -0.396 e. The van der Waals surface area contributed by atoms with E-state index >= 15 is 0 Å². The Morgan fingerprint density at radius 1 is 1.29 bits per heavy atom. The van der Waals surface area contributed by atoms with Gasteiger partial charge in [0.2, 0.25) is 0 Å². The van der Waals surface area contributed by atoms with Gasteiger partial charge in [0.05, 0.1) is 16.4 Å². The number of aliphatic hydroxyl groups is 1. The van der Waals surface area contributed by atoms with Gasteiger partial charge in [0.1, 0.15) is 11.6 Å². The molecule has 0 aromatic heterocycles. The second-order valence-electron chi connectivity index (χ2n) is 5.98. The van der Waals surface area contributed by atoms with Crippen molar-refractivity contribution in [1.82, 2.24) is 0 Å². The predicted molar refractivity (Wildman–Crippen MR) is 109 cm³/mol. The number of carbonyl (C=O) groups excluding carboxylic acids is 1. The van der Waals surface area contributed by atoms with Gasteiger partial charge in [-0.1, -0.05) is 12.1 Å². The molecule has 0 spiro atoms. The lowest BCUT2D eigenvalue weighted by Gasteiger charge is -2.07. The predicted octanol–water partition coefficient (Wildman–Crippen LogP) is 3.84. The number of carbonyl (C=O) groups is 1. The van der Waals surface area contributed by atoms with Crippen LogP contribution in [0, 0.1) is 35.3 Å². The van der Waals surface area contributed by atoms with Crippen LogP contribution < -0.4 is 5.32 Å². The van der Waals surface area contributed by atoms with Crippen molar-refractivity contribution >= 4 is 35.1 Å². The third-order valence-corrected chi connectivity index (χ3v) is 5.01. The summed E-state index contributed by atoms with van der Waals surface area (Å²) in [5.74, 6) is -0.259. The number of nitriles is 1. The Morgan fingerprint density at radius 3 is 2.64 bits per heavy atom. The molecule has 0 fully saturated rings. The number of nitrogens with zero attached hydrogens (tertiary/aromatic N) is 2. The number of aryl methyl sites for hydroxylation is 2. The topological polar surface area (TPSA) is 116 Å². The number of aliphatic hydroxyl groups excluding tert-OH is 1. The SMILES string of the molecule is Cc1ccc(NC(=O)C(C#N)=Cc2ccc(SCCO)c([N+](=O)[O-])c2)cc1C. The van der Waals surface area contributed by atoms with Crippen LogP contribution in [0.3, 0.4) is 0 Å². The maximum atomic E-state index is 12.4. The van der Waals surface area contributed by atoms with Crippen LogP contribution in [0.5, 0.6) is 0 Å². The van der Waals surface area contributed by atoms with E-state index in [1.54, 1.807) is 24.3 Å². The molecule has 0 atom stereocenters. The molecule has 0 bridgehead atoms. The van der Waals surface area contributed by atoms with Gasteiger partial charge in [-0.3, -0.25) is 14.9 Å². The first-order valence-corrected chi connectivity index (χ1v) is 9.36. The number of hydrogen-bond acceptors (Lipinski definition) is 6. The third kappa shape index (κ3) is 5.42. The first-order valence-electron chi connectivity index (χ1n) is 8.38. The average molecular weight is 397 g/mol. The van der Waals surface area contributed by atoms with Gasteiger partial charge in [-0.25, -0.2) is 0 Å². The summed E-state index contributed by atoms with van der Waals surface area (Å²) in [5, 5.41) is 32.2. The molecule has 0 saturated heterocycles. The Morgan fingerprint density at radius 2 is 2.04 bits per heavy atom. The maximum Gasteiger partial charge on any atom is 0.283 e. The van der Waals surface area contributed by atoms with Crippen LogP contribution in [0.2, 0.25) is 0 Å². The molecule has 8 heteroatoms. The van der Waals surface area contributed by atoms with Crippen LogP contribution in [0.25, 0.3) is 6.08 Å². The molecule has 144 valence electrons. The van der Waals surface area contributed by atoms with E-state index in [4.69, 9.17) is 5.11 Å². The lowest BCUT2D eigenvalue weighted by Crippen LogP contribution is -2.13. The van der Waals surface area contributed by atoms with Crippen LogP contribution in [-0.2, 0) is 4.79 Å². The van der Waals surface area contributed by atoms with Crippen molar-refractivity contribution in [2.45, 2.75) is 18.7 Å². The number of nitro benzene ring substituents is 1. The summed E-state index contributed by atoms with van der Waals surface area (Å²) in [6, 6.07) is 11.7. The molecule has 2 rings (SSSR count). The zero-order valence-electron chi connectivity index (χ0n) is 15.4. The van der Waals surface area contributed by atoms with Crippen molar-refractivity contribution in [3.05, 3.63) is 68.8 Å². The van der Waals surface area contributed by atoms with Crippen LogP contribution in [0.4, 0.5) is 11.4 Å². The summed E-state index contributed by atoms with van der Waals surface area (Å²) < 4.78 is 0. The number of thioether (sulfide) groups is 1. The molecule has 7 nitrogen and oxygen atoms in total. The van der Waals surface area contributed by atoms with Crippen LogP contribution in [0.1, 0.15) is 16.7 Å². The zero-order chi connectivity index (χ0) is 20.7. The summed E-state index contributed by atoms with van der Waals surface area (Å²) in [5.41, 5.74) is 2.72. The number of anilines is 1. The van der Waals surface area contributed by atoms with Gasteiger partial charge >= 0.3 is 0 Å². The summed E-state index contributed by atoms with van der Waals surface area (Å²) in [6.45, 7) is 3.78. The molecular weight excluding hydrogens is 378 g/mol. The number of rotatable bonds is 7. The number of benzene rings is 2. The molecule has 0 saturated carbocycles. The molecule has 0 radical (unpaired) electrons. The van der Waals surface area contributed by atoms with E-state index in [-0.39, 0.29) is 17.9 Å². The molecule has 0 aliphatic carbocycles. The molecule has 2 aromatic carbocycles. The van der Waals surface area contributed by atoms with E-state index in [2.05, 4.69) is 5.32 Å². The van der Waals surface area contributed by atoms with Gasteiger partial charge in [0, 0.05) is 17.5 Å². The summed E-state index contributed by atoms with van der Waals surface area (Å²) in [4.78, 5) is 23.6. The second kappa shape index (κ2) is 9.69. The van der Waals surface area contributed by atoms with E-state index in [0.717, 1.165) is 22.9 Å². The Bertz CT molecular complexity index is 980. The summed E-state index contributed by atoms with van der Waals surface area (Å²) in [6.07, 6.45) is 1.31. The molecule has 2 aromatic rings. The molecule has 0 unspecified atom stereocenters. The highest BCUT2D eigenvalue weighted by atomic mass is 32.2. The Kier molecular flexibility index (Phi) is 7.32. The number of amides is 1. The third-order valence-electron chi connectivity index (χ3n) is 3.97. The van der Waals surface area contributed by atoms with Gasteiger partial charge in [-0.05, 0) is 54.8 Å². The van der Waals surface area contributed by atoms with Crippen LogP contribution in [-0.4, -0.2) is 28.3 Å². The lowest BCUT2D eigenvalue weighted by atomic mass is 10.1. The highest BCUT2D eigenvalue weighted by Gasteiger charge is 2.16. The number of nitrogens with one attached hydrogen (secondary N) is 1. The van der Waals surface area contributed by atoms with Crippen molar-refractivity contribution in [2.24, 2.45) is 0 Å². The highest BCUT2D eigenvalue weighted by Crippen LogP contribution is 2.30. The average Bonchev–Trinajstić information content (AvgIpc) is 2.67. The quantitative estimate of drug-likeness (QED) is 0.241. The highest BCUT2D eigenvalue weighted by molar-refractivity contribution is 7.99. The fraction of sp³-hybridized carbons (Fsp3) is 0.200. The maximum absolute atomic E-state index is 12.4. The van der Waals surface area contributed by atoms with Crippen molar-refractivity contribution in [2.75, 3.05) is 17.7 Å². The van der Waals surface area contributed by atoms with E-state index in [0.29, 0.717) is 21.9 Å². The van der Waals surface area contributed by atoms with Gasteiger partial charge < -0.3 is 10.4 Å². The molecule has 2 N–H and O–H groups in total. The van der Waals surface area contributed by atoms with Gasteiger partial charge in [-0.15, -0.1) is 11.8 Å². The Labute approximate surface area is 166 Å². The van der Waals surface area contributed by atoms with Crippen LogP contribution >= 0.6 is 11.8 Å². The fourth-order valence-electron chi connectivity index (χ4n) is 2.38. The first kappa shape index (κ1) is 21.2.